The summed E-state index contributed by atoms with van der Waals surface area (Å²) in [6.07, 6.45) is 0. The molecule has 0 saturated carbocycles. The van der Waals surface area contributed by atoms with Gasteiger partial charge in [0.1, 0.15) is 5.82 Å². The Labute approximate surface area is 128 Å². The molecule has 2 rings (SSSR count). The maximum Gasteiger partial charge on any atom is 0.243 e. The second-order valence-corrected chi connectivity index (χ2v) is 8.15. The number of rotatable bonds is 4. The van der Waals surface area contributed by atoms with Gasteiger partial charge in [-0.1, -0.05) is 0 Å². The molecule has 4 nitrogen and oxygen atoms in total. The number of hydrogen-bond acceptors (Lipinski definition) is 4. The van der Waals surface area contributed by atoms with Crippen LogP contribution in [0.2, 0.25) is 0 Å². The van der Waals surface area contributed by atoms with Crippen molar-refractivity contribution in [3.63, 3.8) is 0 Å². The molecular formula is C14H17FN2O2S2. The Kier molecular flexibility index (Phi) is 4.36. The molecule has 7 heteroatoms. The largest absolute Gasteiger partial charge is 0.396 e. The monoisotopic (exact) mass is 328 g/mol. The van der Waals surface area contributed by atoms with Crippen LogP contribution < -0.4 is 5.73 Å². The van der Waals surface area contributed by atoms with E-state index in [2.05, 4.69) is 0 Å². The van der Waals surface area contributed by atoms with Crippen molar-refractivity contribution in [2.45, 2.75) is 24.8 Å². The molecule has 0 amide bonds. The van der Waals surface area contributed by atoms with Crippen molar-refractivity contribution >= 4 is 27.0 Å². The quantitative estimate of drug-likeness (QED) is 0.877. The van der Waals surface area contributed by atoms with Crippen molar-refractivity contribution in [3.05, 3.63) is 45.9 Å². The van der Waals surface area contributed by atoms with Crippen LogP contribution in [0.15, 0.2) is 35.2 Å². The molecule has 0 bridgehead atoms. The van der Waals surface area contributed by atoms with Crippen LogP contribution in [0, 0.1) is 12.7 Å². The van der Waals surface area contributed by atoms with Crippen LogP contribution in [-0.4, -0.2) is 19.8 Å². The zero-order valence-electron chi connectivity index (χ0n) is 12.0. The van der Waals surface area contributed by atoms with E-state index in [-0.39, 0.29) is 16.6 Å². The van der Waals surface area contributed by atoms with E-state index < -0.39 is 15.8 Å². The summed E-state index contributed by atoms with van der Waals surface area (Å²) < 4.78 is 39.8. The summed E-state index contributed by atoms with van der Waals surface area (Å²) in [4.78, 5) is 1.95. The van der Waals surface area contributed by atoms with Crippen LogP contribution in [-0.2, 0) is 10.0 Å². The van der Waals surface area contributed by atoms with E-state index in [0.29, 0.717) is 0 Å². The first kappa shape index (κ1) is 15.9. The molecule has 1 unspecified atom stereocenters. The third-order valence-corrected chi connectivity index (χ3v) is 6.46. The summed E-state index contributed by atoms with van der Waals surface area (Å²) in [6, 6.07) is 7.05. The Morgan fingerprint density at radius 3 is 2.48 bits per heavy atom. The second kappa shape index (κ2) is 5.75. The minimum Gasteiger partial charge on any atom is -0.396 e. The molecule has 1 aromatic heterocycles. The SMILES string of the molecule is Cc1ccc(C(C)N(C)S(=O)(=O)c2ccc(N)c(F)c2)s1. The van der Waals surface area contributed by atoms with Crippen molar-refractivity contribution in [2.75, 3.05) is 12.8 Å². The fourth-order valence-electron chi connectivity index (χ4n) is 1.90. The number of benzene rings is 1. The van der Waals surface area contributed by atoms with Crippen LogP contribution in [0.5, 0.6) is 0 Å². The molecule has 0 aliphatic heterocycles. The number of anilines is 1. The second-order valence-electron chi connectivity index (χ2n) is 4.83. The van der Waals surface area contributed by atoms with E-state index in [0.717, 1.165) is 15.8 Å². The number of sulfonamides is 1. The van der Waals surface area contributed by atoms with Crippen LogP contribution in [0.4, 0.5) is 10.1 Å². The molecule has 2 aromatic rings. The lowest BCUT2D eigenvalue weighted by Gasteiger charge is -2.23. The van der Waals surface area contributed by atoms with Crippen molar-refractivity contribution < 1.29 is 12.8 Å². The Balaban J connectivity index is 2.36. The van der Waals surface area contributed by atoms with Gasteiger partial charge < -0.3 is 5.73 Å². The van der Waals surface area contributed by atoms with E-state index in [4.69, 9.17) is 5.73 Å². The Morgan fingerprint density at radius 1 is 1.29 bits per heavy atom. The zero-order chi connectivity index (χ0) is 15.8. The third-order valence-electron chi connectivity index (χ3n) is 3.37. The Bertz CT molecular complexity index is 756. The number of hydrogen-bond donors (Lipinski definition) is 1. The van der Waals surface area contributed by atoms with Gasteiger partial charge >= 0.3 is 0 Å². The van der Waals surface area contributed by atoms with Gasteiger partial charge in [-0.05, 0) is 44.2 Å². The number of thiophene rings is 1. The molecule has 1 atom stereocenters. The third kappa shape index (κ3) is 3.09. The van der Waals surface area contributed by atoms with Gasteiger partial charge in [0.15, 0.2) is 0 Å². The van der Waals surface area contributed by atoms with E-state index in [1.807, 2.05) is 19.1 Å². The molecular weight excluding hydrogens is 311 g/mol. The minimum atomic E-state index is -3.77. The fraction of sp³-hybridized carbons (Fsp3) is 0.286. The van der Waals surface area contributed by atoms with Crippen LogP contribution in [0.1, 0.15) is 22.7 Å². The summed E-state index contributed by atoms with van der Waals surface area (Å²) in [7, 11) is -2.28. The number of nitrogens with two attached hydrogens (primary N) is 1. The highest BCUT2D eigenvalue weighted by atomic mass is 32.2. The van der Waals surface area contributed by atoms with E-state index >= 15 is 0 Å². The first-order valence-corrected chi connectivity index (χ1v) is 8.58. The summed E-state index contributed by atoms with van der Waals surface area (Å²) in [5, 5.41) is 0. The summed E-state index contributed by atoms with van der Waals surface area (Å²) in [6.45, 7) is 3.77. The highest BCUT2D eigenvalue weighted by Crippen LogP contribution is 2.30. The number of nitrogens with zero attached hydrogens (tertiary/aromatic N) is 1. The molecule has 0 saturated heterocycles. The van der Waals surface area contributed by atoms with Crippen LogP contribution in [0.3, 0.4) is 0 Å². The van der Waals surface area contributed by atoms with Crippen molar-refractivity contribution in [2.24, 2.45) is 0 Å². The first-order chi connectivity index (χ1) is 9.73. The molecule has 0 spiro atoms. The van der Waals surface area contributed by atoms with E-state index in [9.17, 15) is 12.8 Å². The van der Waals surface area contributed by atoms with Crippen LogP contribution in [0.25, 0.3) is 0 Å². The molecule has 114 valence electrons. The predicted octanol–water partition coefficient (Wildman–Crippen LogP) is 3.16. The highest BCUT2D eigenvalue weighted by Gasteiger charge is 2.27. The molecule has 0 radical (unpaired) electrons. The van der Waals surface area contributed by atoms with Gasteiger partial charge in [-0.2, -0.15) is 4.31 Å². The number of nitrogen functional groups attached to an aromatic ring is 1. The van der Waals surface area contributed by atoms with Crippen molar-refractivity contribution in [1.29, 1.82) is 0 Å². The van der Waals surface area contributed by atoms with Gasteiger partial charge in [-0.25, -0.2) is 12.8 Å². The maximum atomic E-state index is 13.5. The zero-order valence-corrected chi connectivity index (χ0v) is 13.6. The first-order valence-electron chi connectivity index (χ1n) is 6.33. The fourth-order valence-corrected chi connectivity index (χ4v) is 4.29. The van der Waals surface area contributed by atoms with Gasteiger partial charge in [0.05, 0.1) is 16.6 Å². The topological polar surface area (TPSA) is 63.4 Å². The average molecular weight is 328 g/mol. The Hall–Kier alpha value is -1.44. The maximum absolute atomic E-state index is 13.5. The summed E-state index contributed by atoms with van der Waals surface area (Å²) in [5.41, 5.74) is 5.31. The molecule has 21 heavy (non-hydrogen) atoms. The minimum absolute atomic E-state index is 0.0708. The average Bonchev–Trinajstić information content (AvgIpc) is 2.86. The Morgan fingerprint density at radius 2 is 1.95 bits per heavy atom. The standard InChI is InChI=1S/C14H17FN2O2S2/c1-9-4-7-14(20-9)10(2)17(3)21(18,19)11-5-6-13(16)12(15)8-11/h4-8,10H,16H2,1-3H3. The van der Waals surface area contributed by atoms with Gasteiger partial charge in [0, 0.05) is 16.8 Å². The van der Waals surface area contributed by atoms with Gasteiger partial charge in [0.25, 0.3) is 0 Å². The molecule has 1 heterocycles. The van der Waals surface area contributed by atoms with Gasteiger partial charge in [0.2, 0.25) is 10.0 Å². The number of aryl methyl sites for hydroxylation is 1. The predicted molar refractivity (Wildman–Crippen MR) is 83.2 cm³/mol. The molecule has 0 aliphatic rings. The van der Waals surface area contributed by atoms with Gasteiger partial charge in [-0.3, -0.25) is 0 Å². The highest BCUT2D eigenvalue weighted by molar-refractivity contribution is 7.89. The molecule has 2 N–H and O–H groups in total. The van der Waals surface area contributed by atoms with E-state index in [1.54, 1.807) is 18.3 Å². The molecule has 0 aliphatic carbocycles. The smallest absolute Gasteiger partial charge is 0.243 e. The lowest BCUT2D eigenvalue weighted by atomic mass is 10.3. The molecule has 0 fully saturated rings. The summed E-state index contributed by atoms with van der Waals surface area (Å²) in [5.74, 6) is -0.732. The summed E-state index contributed by atoms with van der Waals surface area (Å²) >= 11 is 1.54. The van der Waals surface area contributed by atoms with Crippen molar-refractivity contribution in [3.8, 4) is 0 Å². The van der Waals surface area contributed by atoms with Crippen LogP contribution >= 0.6 is 11.3 Å². The van der Waals surface area contributed by atoms with Crippen molar-refractivity contribution in [1.82, 2.24) is 4.31 Å². The number of halogens is 1. The lowest BCUT2D eigenvalue weighted by Crippen LogP contribution is -2.29. The van der Waals surface area contributed by atoms with Gasteiger partial charge in [-0.15, -0.1) is 11.3 Å². The lowest BCUT2D eigenvalue weighted by molar-refractivity contribution is 0.402. The van der Waals surface area contributed by atoms with E-state index in [1.165, 1.54) is 23.5 Å². The normalized spacial score (nSPS) is 13.6. The molecule has 1 aromatic carbocycles.